The van der Waals surface area contributed by atoms with E-state index in [1.54, 1.807) is 0 Å². The quantitative estimate of drug-likeness (QED) is 0.180. The summed E-state index contributed by atoms with van der Waals surface area (Å²) in [7, 11) is 15.9. The number of hydrogen-bond donors (Lipinski definition) is 0. The maximum Gasteiger partial charge on any atom is 0.117 e. The SMILES string of the molecule is CCC[C@H](OPP)C(C)OP.CC[C@H]1OC(C)C(OP)[C@H]1OPP.CC[C@H]1OC(C)C(OP)[C@H]1OPP. The van der Waals surface area contributed by atoms with Gasteiger partial charge in [0.05, 0.1) is 36.6 Å². The summed E-state index contributed by atoms with van der Waals surface area (Å²) in [5.41, 5.74) is 0. The van der Waals surface area contributed by atoms with Crippen molar-refractivity contribution in [1.82, 2.24) is 0 Å². The molecule has 2 rings (SSSR count). The lowest BCUT2D eigenvalue weighted by atomic mass is 10.1. The third kappa shape index (κ3) is 14.7. The molecule has 0 bridgehead atoms. The molecule has 2 heterocycles. The first-order chi connectivity index (χ1) is 17.7. The van der Waals surface area contributed by atoms with Gasteiger partial charge in [0.25, 0.3) is 0 Å². The molecule has 0 aromatic rings. The van der Waals surface area contributed by atoms with E-state index in [0.29, 0.717) is 25.5 Å². The first kappa shape index (κ1) is 40.5. The molecule has 2 saturated heterocycles. The first-order valence-electron chi connectivity index (χ1n) is 12.5. The fraction of sp³-hybridized carbons (Fsp3) is 1.00. The zero-order chi connectivity index (χ0) is 28.4. The van der Waals surface area contributed by atoms with Crippen molar-refractivity contribution in [1.29, 1.82) is 0 Å². The third-order valence-electron chi connectivity index (χ3n) is 6.14. The van der Waals surface area contributed by atoms with Crippen molar-refractivity contribution in [3.8, 4) is 0 Å². The molecule has 0 aromatic heterocycles. The lowest BCUT2D eigenvalue weighted by Gasteiger charge is -2.21. The van der Waals surface area contributed by atoms with Gasteiger partial charge in [-0.05, 0) is 40.0 Å². The molecule has 0 spiro atoms. The highest BCUT2D eigenvalue weighted by molar-refractivity contribution is 8.00. The van der Waals surface area contributed by atoms with Crippen LogP contribution < -0.4 is 0 Å². The van der Waals surface area contributed by atoms with E-state index < -0.39 is 0 Å². The van der Waals surface area contributed by atoms with E-state index in [2.05, 4.69) is 76.0 Å². The monoisotopic (exact) mass is 698 g/mol. The molecule has 37 heavy (non-hydrogen) atoms. The zero-order valence-corrected chi connectivity index (χ0v) is 32.8. The first-order valence-corrected chi connectivity index (χ1v) is 22.0. The van der Waals surface area contributed by atoms with Gasteiger partial charge in [-0.15, -0.1) is 0 Å². The standard InChI is InChI=1S/2C7H17O3P3.C6H17O2P3/c2*1-3-5-7(10-13-12)6(9-11)4(2)8-5;1-3-4-6(8-11-10)5(2)7-9/h2*4-7,13H,3,11-12H2,1-2H3;5-6,11H,3-4,9-10H2,1-2H3/t2*4?,5-,6?,7+;5?,6-/m110/s1. The van der Waals surface area contributed by atoms with E-state index in [1.165, 1.54) is 0 Å². The minimum absolute atomic E-state index is 0.0444. The van der Waals surface area contributed by atoms with Crippen molar-refractivity contribution in [3.63, 3.8) is 0 Å². The molecular weight excluding hydrogens is 647 g/mol. The van der Waals surface area contributed by atoms with Gasteiger partial charge < -0.3 is 36.6 Å². The Hall–Kier alpha value is 3.55. The summed E-state index contributed by atoms with van der Waals surface area (Å²) in [5.74, 6) is 0. The summed E-state index contributed by atoms with van der Waals surface area (Å²) in [6.07, 6.45) is 5.39. The number of ether oxygens (including phenoxy) is 2. The van der Waals surface area contributed by atoms with Crippen molar-refractivity contribution in [3.05, 3.63) is 0 Å². The van der Waals surface area contributed by atoms with Crippen LogP contribution in [0.25, 0.3) is 0 Å². The van der Waals surface area contributed by atoms with Crippen LogP contribution in [0.3, 0.4) is 0 Å². The second-order valence-electron chi connectivity index (χ2n) is 8.58. The fourth-order valence-electron chi connectivity index (χ4n) is 4.14. The molecule has 224 valence electrons. The van der Waals surface area contributed by atoms with E-state index in [1.807, 2.05) is 20.8 Å². The van der Waals surface area contributed by atoms with E-state index >= 15 is 0 Å². The smallest absolute Gasteiger partial charge is 0.117 e. The van der Waals surface area contributed by atoms with Crippen LogP contribution in [0.5, 0.6) is 0 Å². The Labute approximate surface area is 245 Å². The van der Waals surface area contributed by atoms with Crippen LogP contribution in [-0.2, 0) is 36.6 Å². The molecule has 0 saturated carbocycles. The normalized spacial score (nSPS) is 33.7. The van der Waals surface area contributed by atoms with Gasteiger partial charge in [0.1, 0.15) is 24.4 Å². The molecule has 0 amide bonds. The van der Waals surface area contributed by atoms with Crippen molar-refractivity contribution >= 4 is 80.7 Å². The molecule has 0 N–H and O–H groups in total. The average molecular weight is 698 g/mol. The van der Waals surface area contributed by atoms with Crippen molar-refractivity contribution < 1.29 is 36.6 Å². The molecule has 2 aliphatic rings. The molecule has 0 aliphatic carbocycles. The summed E-state index contributed by atoms with van der Waals surface area (Å²) in [4.78, 5) is 0. The lowest BCUT2D eigenvalue weighted by Crippen LogP contribution is -2.32. The molecule has 2 fully saturated rings. The van der Waals surface area contributed by atoms with Gasteiger partial charge in [-0.2, -0.15) is 0 Å². The molecule has 0 radical (unpaired) electrons. The van der Waals surface area contributed by atoms with Gasteiger partial charge in [-0.25, -0.2) is 0 Å². The van der Waals surface area contributed by atoms with Gasteiger partial charge in [0.15, 0.2) is 0 Å². The minimum atomic E-state index is 0.0444. The molecule has 0 aromatic carbocycles. The van der Waals surface area contributed by atoms with Gasteiger partial charge in [-0.3, -0.25) is 0 Å². The molecular formula is C20H51O8P9. The van der Waals surface area contributed by atoms with Crippen LogP contribution in [0, 0.1) is 0 Å². The average Bonchev–Trinajstić information content (AvgIpc) is 3.38. The molecule has 14 unspecified atom stereocenters. The molecule has 19 atom stereocenters. The van der Waals surface area contributed by atoms with Crippen molar-refractivity contribution in [2.24, 2.45) is 0 Å². The minimum Gasteiger partial charge on any atom is -0.370 e. The van der Waals surface area contributed by atoms with Crippen LogP contribution >= 0.6 is 80.7 Å². The van der Waals surface area contributed by atoms with Crippen LogP contribution in [0.4, 0.5) is 0 Å². The van der Waals surface area contributed by atoms with Gasteiger partial charge in [0.2, 0.25) is 0 Å². The van der Waals surface area contributed by atoms with E-state index in [0.717, 1.165) is 25.7 Å². The second kappa shape index (κ2) is 24.9. The van der Waals surface area contributed by atoms with Crippen molar-refractivity contribution in [2.45, 2.75) is 128 Å². The highest BCUT2D eigenvalue weighted by Gasteiger charge is 2.43. The zero-order valence-electron chi connectivity index (χ0n) is 22.8. The van der Waals surface area contributed by atoms with Crippen LogP contribution in [0.2, 0.25) is 0 Å². The van der Waals surface area contributed by atoms with Crippen LogP contribution in [0.1, 0.15) is 67.2 Å². The van der Waals surface area contributed by atoms with E-state index in [9.17, 15) is 0 Å². The topological polar surface area (TPSA) is 73.8 Å². The summed E-state index contributed by atoms with van der Waals surface area (Å²) < 4.78 is 43.8. The number of hydrogen-bond acceptors (Lipinski definition) is 8. The molecule has 17 heteroatoms. The predicted octanol–water partition coefficient (Wildman–Crippen LogP) is 7.01. The maximum absolute atomic E-state index is 5.71. The Balaban J connectivity index is 0.000000528. The Morgan fingerprint density at radius 3 is 1.43 bits per heavy atom. The highest BCUT2D eigenvalue weighted by atomic mass is 32.0. The third-order valence-corrected chi connectivity index (χ3v) is 9.68. The Morgan fingerprint density at radius 2 is 1.16 bits per heavy atom. The second-order valence-corrected chi connectivity index (χ2v) is 12.9. The number of rotatable bonds is 14. The highest BCUT2D eigenvalue weighted by Crippen LogP contribution is 2.37. The summed E-state index contributed by atoms with van der Waals surface area (Å²) >= 11 is 0. The Bertz CT molecular complexity index is 508. The summed E-state index contributed by atoms with van der Waals surface area (Å²) in [6.45, 7) is 12.4. The van der Waals surface area contributed by atoms with Crippen LogP contribution in [-0.4, -0.2) is 61.0 Å². The Morgan fingerprint density at radius 1 is 0.730 bits per heavy atom. The van der Waals surface area contributed by atoms with Gasteiger partial charge >= 0.3 is 0 Å². The largest absolute Gasteiger partial charge is 0.370 e. The molecule has 2 aliphatic heterocycles. The van der Waals surface area contributed by atoms with Crippen molar-refractivity contribution in [2.75, 3.05) is 0 Å². The van der Waals surface area contributed by atoms with Gasteiger partial charge in [-0.1, -0.05) is 54.0 Å². The summed E-state index contributed by atoms with van der Waals surface area (Å²) in [5, 5.41) is 0. The summed E-state index contributed by atoms with van der Waals surface area (Å²) in [6, 6.07) is 0. The fourth-order valence-corrected chi connectivity index (χ4v) is 7.91. The Kier molecular flexibility index (Phi) is 27.3. The van der Waals surface area contributed by atoms with E-state index in [4.69, 9.17) is 36.6 Å². The van der Waals surface area contributed by atoms with E-state index in [-0.39, 0.29) is 61.0 Å². The maximum atomic E-state index is 5.71. The predicted molar refractivity (Wildman–Crippen MR) is 182 cm³/mol. The molecule has 8 nitrogen and oxygen atoms in total. The van der Waals surface area contributed by atoms with Gasteiger partial charge in [0, 0.05) is 53.9 Å². The lowest BCUT2D eigenvalue weighted by molar-refractivity contribution is 0.0230. The van der Waals surface area contributed by atoms with Crippen LogP contribution in [0.15, 0.2) is 0 Å².